The minimum atomic E-state index is -0.587. The zero-order valence-electron chi connectivity index (χ0n) is 27.7. The first kappa shape index (κ1) is 28.8. The summed E-state index contributed by atoms with van der Waals surface area (Å²) in [6.07, 6.45) is 1.25. The largest absolute Gasteiger partial charge is 0.456 e. The van der Waals surface area contributed by atoms with Gasteiger partial charge >= 0.3 is 0 Å². The summed E-state index contributed by atoms with van der Waals surface area (Å²) in [5.74, 6) is 1.47. The second kappa shape index (κ2) is 11.2. The smallest absolute Gasteiger partial charge is 0.170 e. The van der Waals surface area contributed by atoms with E-state index in [1.165, 1.54) is 0 Å². The van der Waals surface area contributed by atoms with Crippen molar-refractivity contribution in [3.63, 3.8) is 0 Å². The summed E-state index contributed by atoms with van der Waals surface area (Å²) in [5, 5.41) is 12.2. The average Bonchev–Trinajstić information content (AvgIpc) is 3.77. The van der Waals surface area contributed by atoms with E-state index in [1.807, 2.05) is 60.8 Å². The predicted octanol–water partition coefficient (Wildman–Crippen LogP) is 11.3. The Morgan fingerprint density at radius 3 is 1.96 bits per heavy atom. The van der Waals surface area contributed by atoms with Gasteiger partial charge in [-0.1, -0.05) is 109 Å². The number of hydrogen-bond acceptors (Lipinski definition) is 6. The Balaban J connectivity index is 1.19. The Morgan fingerprint density at radius 1 is 0.462 bits per heavy atom. The second-order valence-corrected chi connectivity index (χ2v) is 13.2. The molecule has 11 rings (SSSR count). The van der Waals surface area contributed by atoms with Crippen LogP contribution in [0.25, 0.3) is 76.7 Å². The van der Waals surface area contributed by atoms with E-state index in [-0.39, 0.29) is 0 Å². The van der Waals surface area contributed by atoms with Gasteiger partial charge in [0.2, 0.25) is 0 Å². The van der Waals surface area contributed by atoms with E-state index in [4.69, 9.17) is 23.8 Å². The number of pyridine rings is 1. The van der Waals surface area contributed by atoms with Crippen molar-refractivity contribution < 1.29 is 8.83 Å². The first-order valence-electron chi connectivity index (χ1n) is 17.4. The maximum Gasteiger partial charge on any atom is 0.170 e. The van der Waals surface area contributed by atoms with Crippen LogP contribution in [0.2, 0.25) is 0 Å². The molecule has 0 spiro atoms. The monoisotopic (exact) mass is 668 g/mol. The number of nitrogens with one attached hydrogen (secondary N) is 1. The molecule has 6 nitrogen and oxygen atoms in total. The molecule has 0 aliphatic carbocycles. The highest BCUT2D eigenvalue weighted by Gasteiger charge is 2.27. The topological polar surface area (TPSA) is 75.9 Å². The van der Waals surface area contributed by atoms with Gasteiger partial charge in [-0.15, -0.1) is 0 Å². The molecule has 1 unspecified atom stereocenters. The van der Waals surface area contributed by atoms with Crippen molar-refractivity contribution in [1.82, 2.24) is 10.3 Å². The summed E-state index contributed by atoms with van der Waals surface area (Å²) < 4.78 is 12.8. The van der Waals surface area contributed by atoms with Crippen molar-refractivity contribution in [3.05, 3.63) is 175 Å². The normalized spacial score (nSPS) is 14.7. The molecule has 4 heterocycles. The number of hydrogen-bond donors (Lipinski definition) is 1. The highest BCUT2D eigenvalue weighted by Crippen LogP contribution is 2.42. The van der Waals surface area contributed by atoms with Gasteiger partial charge in [0.05, 0.1) is 11.1 Å². The standard InChI is InChI=1S/C46H28N4O2/c1-2-11-27(12-3-1)44-48-45(33-18-10-20-38-41(33)32-17-8-9-19-37(32)51-38)50-46(49-44)35-24-29-14-5-4-13-28(29)23-34(35)43-42-36-25-30-15-6-7-16-31(30)26-40(36)52-39(42)21-22-47-43/h1-26,46H,(H,48,49,50). The van der Waals surface area contributed by atoms with E-state index in [0.717, 1.165) is 105 Å². The maximum atomic E-state index is 6.50. The first-order chi connectivity index (χ1) is 25.7. The number of para-hydroxylation sites is 1. The minimum absolute atomic E-state index is 0.587. The van der Waals surface area contributed by atoms with Crippen LogP contribution in [0.4, 0.5) is 0 Å². The molecule has 7 aromatic carbocycles. The van der Waals surface area contributed by atoms with Crippen LogP contribution in [0.1, 0.15) is 22.9 Å². The molecular formula is C46H28N4O2. The van der Waals surface area contributed by atoms with E-state index in [9.17, 15) is 0 Å². The molecule has 1 N–H and O–H groups in total. The van der Waals surface area contributed by atoms with Crippen molar-refractivity contribution in [1.29, 1.82) is 0 Å². The lowest BCUT2D eigenvalue weighted by Crippen LogP contribution is -2.36. The molecule has 6 heteroatoms. The zero-order valence-corrected chi connectivity index (χ0v) is 27.7. The van der Waals surface area contributed by atoms with Crippen LogP contribution >= 0.6 is 0 Å². The van der Waals surface area contributed by atoms with Gasteiger partial charge in [-0.25, -0.2) is 9.98 Å². The Kier molecular flexibility index (Phi) is 6.21. The molecule has 0 radical (unpaired) electrons. The zero-order chi connectivity index (χ0) is 34.2. The number of benzene rings is 7. The molecule has 244 valence electrons. The number of furan rings is 2. The van der Waals surface area contributed by atoms with Crippen LogP contribution < -0.4 is 5.32 Å². The average molecular weight is 669 g/mol. The molecule has 1 aliphatic rings. The van der Waals surface area contributed by atoms with E-state index in [0.29, 0.717) is 0 Å². The molecule has 0 saturated heterocycles. The lowest BCUT2D eigenvalue weighted by atomic mass is 9.94. The third kappa shape index (κ3) is 4.48. The quantitative estimate of drug-likeness (QED) is 0.202. The fraction of sp³-hybridized carbons (Fsp3) is 0.0217. The Morgan fingerprint density at radius 2 is 1.12 bits per heavy atom. The molecule has 0 saturated carbocycles. The summed E-state index contributed by atoms with van der Waals surface area (Å²) >= 11 is 0. The lowest BCUT2D eigenvalue weighted by molar-refractivity contribution is 0.668. The van der Waals surface area contributed by atoms with Crippen molar-refractivity contribution >= 4 is 77.1 Å². The molecule has 10 aromatic rings. The summed E-state index contributed by atoms with van der Waals surface area (Å²) in [6, 6.07) is 52.1. The van der Waals surface area contributed by atoms with E-state index < -0.39 is 6.17 Å². The molecular weight excluding hydrogens is 641 g/mol. The van der Waals surface area contributed by atoms with Gasteiger partial charge in [-0.2, -0.15) is 0 Å². The van der Waals surface area contributed by atoms with E-state index in [2.05, 4.69) is 102 Å². The Bertz CT molecular complexity index is 3120. The molecule has 1 atom stereocenters. The van der Waals surface area contributed by atoms with Crippen molar-refractivity contribution in [3.8, 4) is 11.3 Å². The van der Waals surface area contributed by atoms with Crippen molar-refractivity contribution in [2.45, 2.75) is 6.17 Å². The summed E-state index contributed by atoms with van der Waals surface area (Å²) in [4.78, 5) is 15.8. The fourth-order valence-corrected chi connectivity index (χ4v) is 7.73. The van der Waals surface area contributed by atoms with Gasteiger partial charge in [0.15, 0.2) is 6.17 Å². The van der Waals surface area contributed by atoms with Crippen LogP contribution in [0.3, 0.4) is 0 Å². The fourth-order valence-electron chi connectivity index (χ4n) is 7.73. The molecule has 3 aromatic heterocycles. The van der Waals surface area contributed by atoms with Gasteiger partial charge in [0.1, 0.15) is 34.0 Å². The Labute approximate surface area is 297 Å². The van der Waals surface area contributed by atoms with Gasteiger partial charge in [0.25, 0.3) is 0 Å². The molecule has 0 fully saturated rings. The van der Waals surface area contributed by atoms with Gasteiger partial charge < -0.3 is 14.2 Å². The molecule has 0 amide bonds. The highest BCUT2D eigenvalue weighted by molar-refractivity contribution is 6.23. The highest BCUT2D eigenvalue weighted by atomic mass is 16.3. The summed E-state index contributed by atoms with van der Waals surface area (Å²) in [6.45, 7) is 0. The molecule has 0 bridgehead atoms. The molecule has 1 aliphatic heterocycles. The number of rotatable bonds is 4. The van der Waals surface area contributed by atoms with Crippen LogP contribution in [0, 0.1) is 0 Å². The number of nitrogens with zero attached hydrogens (tertiary/aromatic N) is 3. The van der Waals surface area contributed by atoms with E-state index in [1.54, 1.807) is 0 Å². The van der Waals surface area contributed by atoms with Gasteiger partial charge in [-0.3, -0.25) is 4.98 Å². The number of aromatic nitrogens is 1. The predicted molar refractivity (Wildman–Crippen MR) is 211 cm³/mol. The van der Waals surface area contributed by atoms with Gasteiger partial charge in [-0.05, 0) is 64.0 Å². The van der Waals surface area contributed by atoms with Crippen LogP contribution in [-0.4, -0.2) is 16.7 Å². The van der Waals surface area contributed by atoms with E-state index >= 15 is 0 Å². The number of fused-ring (bicyclic) bond motifs is 8. The maximum absolute atomic E-state index is 6.50. The van der Waals surface area contributed by atoms with Crippen LogP contribution in [-0.2, 0) is 0 Å². The Hall–Kier alpha value is -7.05. The lowest BCUT2D eigenvalue weighted by Gasteiger charge is -2.24. The SMILES string of the molecule is c1ccc(C2=NC(c3cc4ccccc4cc3-c3nccc4oc5cc6ccccc6cc5c34)N=C(c3cccc4oc5ccccc5c34)N2)cc1. The molecule has 52 heavy (non-hydrogen) atoms. The third-order valence-corrected chi connectivity index (χ3v) is 10.1. The van der Waals surface area contributed by atoms with Crippen LogP contribution in [0.15, 0.2) is 177 Å². The third-order valence-electron chi connectivity index (χ3n) is 10.1. The van der Waals surface area contributed by atoms with Gasteiger partial charge in [0, 0.05) is 44.6 Å². The summed E-state index contributed by atoms with van der Waals surface area (Å²) in [7, 11) is 0. The minimum Gasteiger partial charge on any atom is -0.456 e. The number of aliphatic imine (C=N–C) groups is 2. The first-order valence-corrected chi connectivity index (χ1v) is 17.4. The van der Waals surface area contributed by atoms with Crippen molar-refractivity contribution in [2.24, 2.45) is 9.98 Å². The number of amidine groups is 2. The second-order valence-electron chi connectivity index (χ2n) is 13.2. The summed E-state index contributed by atoms with van der Waals surface area (Å²) in [5.41, 5.74) is 7.93. The van der Waals surface area contributed by atoms with Crippen LogP contribution in [0.5, 0.6) is 0 Å². The van der Waals surface area contributed by atoms with Crippen molar-refractivity contribution in [2.75, 3.05) is 0 Å².